The van der Waals surface area contributed by atoms with E-state index in [1.807, 2.05) is 0 Å². The van der Waals surface area contributed by atoms with Gasteiger partial charge in [-0.2, -0.15) is 0 Å². The molecule has 0 heterocycles. The third kappa shape index (κ3) is 10.7. The molecule has 0 spiro atoms. The Morgan fingerprint density at radius 3 is 2.29 bits per heavy atom. The van der Waals surface area contributed by atoms with Crippen LogP contribution in [0.5, 0.6) is 0 Å². The molecule has 0 aromatic rings. The maximum Gasteiger partial charge on any atom is 1.00 e. The quantitative estimate of drug-likeness (QED) is 0.317. The molecule has 0 N–H and O–H groups in total. The van der Waals surface area contributed by atoms with Crippen LogP contribution >= 0.6 is 0 Å². The summed E-state index contributed by atoms with van der Waals surface area (Å²) in [5.41, 5.74) is 0. The average molecular weight is 92.1 g/mol. The minimum absolute atomic E-state index is 0. The van der Waals surface area contributed by atoms with E-state index >= 15 is 0 Å². The Balaban J connectivity index is -0.000000125. The van der Waals surface area contributed by atoms with Gasteiger partial charge >= 0.3 is 18.9 Å². The van der Waals surface area contributed by atoms with Gasteiger partial charge in [0.05, 0.1) is 0 Å². The van der Waals surface area contributed by atoms with Crippen LogP contribution in [0.3, 0.4) is 0 Å². The van der Waals surface area contributed by atoms with E-state index in [1.54, 1.807) is 0 Å². The Labute approximate surface area is 59.7 Å². The van der Waals surface area contributed by atoms with Gasteiger partial charge in [0.15, 0.2) is 0 Å². The predicted molar refractivity (Wildman–Crippen MR) is 30.8 cm³/mol. The summed E-state index contributed by atoms with van der Waals surface area (Å²) in [4.78, 5) is 0. The van der Waals surface area contributed by atoms with Crippen molar-refractivity contribution in [2.45, 2.75) is 26.7 Å². The van der Waals surface area contributed by atoms with Crippen molar-refractivity contribution in [2.75, 3.05) is 0 Å². The van der Waals surface area contributed by atoms with Crippen molar-refractivity contribution in [3.05, 3.63) is 12.2 Å². The Kier molecular flexibility index (Phi) is 14.2. The largest absolute Gasteiger partial charge is 1.00 e. The summed E-state index contributed by atoms with van der Waals surface area (Å²) in [5.74, 6) is 0. The molecule has 0 nitrogen and oxygen atoms in total. The fraction of sp³-hybridized carbons (Fsp3) is 0.667. The van der Waals surface area contributed by atoms with Crippen LogP contribution in [0.2, 0.25) is 0 Å². The summed E-state index contributed by atoms with van der Waals surface area (Å²) < 4.78 is 0. The molecule has 0 aliphatic rings. The summed E-state index contributed by atoms with van der Waals surface area (Å²) >= 11 is 0. The number of rotatable bonds is 2. The minimum atomic E-state index is 0. The molecule has 0 radical (unpaired) electrons. The first kappa shape index (κ1) is 10.3. The van der Waals surface area contributed by atoms with Crippen LogP contribution in [0.25, 0.3) is 0 Å². The number of hydrogen-bond donors (Lipinski definition) is 0. The standard InChI is InChI=1S/C6H12.Li.H/c1-3-5-6-4-2;;/h3,5H,4,6H2,1-2H3;;/q;+1;-1. The zero-order valence-corrected chi connectivity index (χ0v) is 5.57. The third-order valence-electron chi connectivity index (χ3n) is 0.691. The second-order valence-corrected chi connectivity index (χ2v) is 1.36. The van der Waals surface area contributed by atoms with Crippen LogP contribution in [0, 0.1) is 0 Å². The summed E-state index contributed by atoms with van der Waals surface area (Å²) in [5, 5.41) is 0. The average Bonchev–Trinajstić information content (AvgIpc) is 1.61. The molecule has 0 saturated carbocycles. The van der Waals surface area contributed by atoms with E-state index in [-0.39, 0.29) is 20.3 Å². The maximum atomic E-state index is 2.18. The van der Waals surface area contributed by atoms with Gasteiger partial charge in [-0.15, -0.1) is 0 Å². The smallest absolute Gasteiger partial charge is 1.00 e. The van der Waals surface area contributed by atoms with Crippen molar-refractivity contribution < 1.29 is 20.3 Å². The van der Waals surface area contributed by atoms with Gasteiger partial charge in [-0.25, -0.2) is 0 Å². The SMILES string of the molecule is CC=CCCC.[H-].[Li+]. The first-order valence-electron chi connectivity index (χ1n) is 2.53. The number of unbranched alkanes of at least 4 members (excludes halogenated alkanes) is 1. The van der Waals surface area contributed by atoms with Gasteiger partial charge in [0, 0.05) is 0 Å². The first-order valence-corrected chi connectivity index (χ1v) is 2.53. The van der Waals surface area contributed by atoms with Gasteiger partial charge in [-0.1, -0.05) is 25.5 Å². The summed E-state index contributed by atoms with van der Waals surface area (Å²) in [6.45, 7) is 4.23. The van der Waals surface area contributed by atoms with E-state index in [0.717, 1.165) is 0 Å². The molecule has 0 saturated heterocycles. The molecule has 0 bridgehead atoms. The van der Waals surface area contributed by atoms with Crippen molar-refractivity contribution in [2.24, 2.45) is 0 Å². The molecule has 0 aliphatic heterocycles. The van der Waals surface area contributed by atoms with Crippen molar-refractivity contribution in [3.8, 4) is 0 Å². The molecule has 0 aromatic carbocycles. The van der Waals surface area contributed by atoms with Crippen molar-refractivity contribution >= 4 is 0 Å². The Bertz CT molecular complexity index is 43.8. The molecule has 0 unspecified atom stereocenters. The molecule has 7 heavy (non-hydrogen) atoms. The Morgan fingerprint density at radius 2 is 2.14 bits per heavy atom. The number of allylic oxidation sites excluding steroid dienone is 2. The Morgan fingerprint density at radius 1 is 1.57 bits per heavy atom. The van der Waals surface area contributed by atoms with Gasteiger partial charge in [-0.05, 0) is 13.3 Å². The molecule has 1 heteroatoms. The normalized spacial score (nSPS) is 8.86. The van der Waals surface area contributed by atoms with E-state index in [2.05, 4.69) is 26.0 Å². The molecular weight excluding hydrogens is 79.0 g/mol. The van der Waals surface area contributed by atoms with Crippen LogP contribution in [-0.2, 0) is 0 Å². The second kappa shape index (κ2) is 9.60. The fourth-order valence-electron chi connectivity index (χ4n) is 0.333. The maximum absolute atomic E-state index is 2.18. The summed E-state index contributed by atoms with van der Waals surface area (Å²) in [6, 6.07) is 0. The monoisotopic (exact) mass is 92.1 g/mol. The summed E-state index contributed by atoms with van der Waals surface area (Å²) in [6.07, 6.45) is 6.77. The molecule has 38 valence electrons. The van der Waals surface area contributed by atoms with Gasteiger partial charge in [-0.3, -0.25) is 0 Å². The second-order valence-electron chi connectivity index (χ2n) is 1.36. The van der Waals surface area contributed by atoms with E-state index in [0.29, 0.717) is 0 Å². The molecule has 0 aliphatic carbocycles. The van der Waals surface area contributed by atoms with Crippen LogP contribution in [0.15, 0.2) is 12.2 Å². The van der Waals surface area contributed by atoms with Gasteiger partial charge in [0.1, 0.15) is 0 Å². The molecule has 0 amide bonds. The molecular formula is C6H13Li. The van der Waals surface area contributed by atoms with E-state index in [9.17, 15) is 0 Å². The molecule has 0 atom stereocenters. The summed E-state index contributed by atoms with van der Waals surface area (Å²) in [7, 11) is 0. The molecule has 0 aromatic heterocycles. The van der Waals surface area contributed by atoms with Crippen LogP contribution in [0.1, 0.15) is 28.1 Å². The van der Waals surface area contributed by atoms with Crippen molar-refractivity contribution in [1.82, 2.24) is 0 Å². The molecule has 0 fully saturated rings. The predicted octanol–water partition coefficient (Wildman–Crippen LogP) is -0.521. The third-order valence-corrected chi connectivity index (χ3v) is 0.691. The zero-order valence-electron chi connectivity index (χ0n) is 6.57. The fourth-order valence-corrected chi connectivity index (χ4v) is 0.333. The first-order chi connectivity index (χ1) is 2.91. The van der Waals surface area contributed by atoms with E-state index in [1.165, 1.54) is 12.8 Å². The van der Waals surface area contributed by atoms with E-state index < -0.39 is 0 Å². The number of hydrogen-bond acceptors (Lipinski definition) is 0. The minimum Gasteiger partial charge on any atom is -1.00 e. The topological polar surface area (TPSA) is 0 Å². The Hall–Kier alpha value is 0.337. The molecule has 0 rings (SSSR count). The van der Waals surface area contributed by atoms with Crippen molar-refractivity contribution in [3.63, 3.8) is 0 Å². The van der Waals surface area contributed by atoms with Gasteiger partial charge < -0.3 is 1.43 Å². The van der Waals surface area contributed by atoms with Gasteiger partial charge in [0.2, 0.25) is 0 Å². The van der Waals surface area contributed by atoms with Gasteiger partial charge in [0.25, 0.3) is 0 Å². The zero-order chi connectivity index (χ0) is 4.83. The van der Waals surface area contributed by atoms with Crippen molar-refractivity contribution in [1.29, 1.82) is 0 Å². The van der Waals surface area contributed by atoms with Crippen LogP contribution < -0.4 is 18.9 Å². The van der Waals surface area contributed by atoms with E-state index in [4.69, 9.17) is 0 Å². The van der Waals surface area contributed by atoms with Crippen LogP contribution in [0.4, 0.5) is 0 Å². The van der Waals surface area contributed by atoms with Crippen LogP contribution in [-0.4, -0.2) is 0 Å².